The summed E-state index contributed by atoms with van der Waals surface area (Å²) in [6.45, 7) is 5.47. The Bertz CT molecular complexity index is 801. The number of pyridine rings is 1. The van der Waals surface area contributed by atoms with E-state index >= 15 is 0 Å². The molecule has 0 spiro atoms. The van der Waals surface area contributed by atoms with Crippen molar-refractivity contribution in [1.82, 2.24) is 10.3 Å². The molecule has 1 N–H and O–H groups in total. The summed E-state index contributed by atoms with van der Waals surface area (Å²) in [6, 6.07) is 1.00. The number of aromatic nitrogens is 1. The number of hydrogen-bond donors (Lipinski definition) is 1. The first-order chi connectivity index (χ1) is 13.7. The molecule has 0 aliphatic carbocycles. The summed E-state index contributed by atoms with van der Waals surface area (Å²) in [5, 5.41) is 2.50. The van der Waals surface area contributed by atoms with Crippen LogP contribution in [0.1, 0.15) is 50.2 Å². The van der Waals surface area contributed by atoms with Crippen molar-refractivity contribution in [1.29, 1.82) is 0 Å². The van der Waals surface area contributed by atoms with Crippen LogP contribution in [-0.4, -0.2) is 49.2 Å². The molecule has 6 nitrogen and oxygen atoms in total. The van der Waals surface area contributed by atoms with Crippen LogP contribution in [0.4, 0.5) is 17.6 Å². The molecule has 1 unspecified atom stereocenters. The molecule has 2 atom stereocenters. The molecule has 30 heavy (non-hydrogen) atoms. The molecule has 0 saturated carbocycles. The lowest BCUT2D eigenvalue weighted by Gasteiger charge is -2.35. The number of nitrogens with zero attached hydrogens (tertiary/aromatic N) is 1. The zero-order chi connectivity index (χ0) is 22.9. The fourth-order valence-electron chi connectivity index (χ4n) is 2.97. The number of amides is 1. The quantitative estimate of drug-likeness (QED) is 0.524. The van der Waals surface area contributed by atoms with Crippen LogP contribution in [0.5, 0.6) is 5.75 Å². The van der Waals surface area contributed by atoms with Gasteiger partial charge < -0.3 is 14.8 Å². The molecule has 1 saturated heterocycles. The van der Waals surface area contributed by atoms with Crippen LogP contribution in [0.3, 0.4) is 0 Å². The largest absolute Gasteiger partial charge is 0.481 e. The number of Topliss-reactive ketones (excluding diaryl/α,β-unsaturated/α-hetero) is 1. The summed E-state index contributed by atoms with van der Waals surface area (Å²) in [5.74, 6) is -2.02. The molecule has 1 aliphatic heterocycles. The van der Waals surface area contributed by atoms with E-state index in [2.05, 4.69) is 10.3 Å². The molecule has 1 aromatic heterocycles. The standard InChI is InChI=1S/C20H26F4N2O4/c1-11(20(22,23)24)30-16-7-14(26-8-13(16)19(21)9-29-10-19)15(27)6-12(17(28)25-5)18(2,3)4/h7-8,11-12H,6,9-10H2,1-5H3,(H,25,28)/t11-,12?/m0/s1. The lowest BCUT2D eigenvalue weighted by molar-refractivity contribution is -0.190. The van der Waals surface area contributed by atoms with Gasteiger partial charge in [0.1, 0.15) is 11.4 Å². The lowest BCUT2D eigenvalue weighted by Crippen LogP contribution is -2.43. The third-order valence-corrected chi connectivity index (χ3v) is 5.06. The van der Waals surface area contributed by atoms with E-state index in [0.717, 1.165) is 19.2 Å². The Morgan fingerprint density at radius 1 is 1.30 bits per heavy atom. The fourth-order valence-corrected chi connectivity index (χ4v) is 2.97. The van der Waals surface area contributed by atoms with Gasteiger partial charge in [0, 0.05) is 25.7 Å². The number of rotatable bonds is 7. The summed E-state index contributed by atoms with van der Waals surface area (Å²) in [6.07, 6.45) is -6.12. The number of alkyl halides is 4. The number of carbonyl (C=O) groups excluding carboxylic acids is 2. The van der Waals surface area contributed by atoms with Gasteiger partial charge >= 0.3 is 6.18 Å². The van der Waals surface area contributed by atoms with Gasteiger partial charge in [-0.25, -0.2) is 4.39 Å². The highest BCUT2D eigenvalue weighted by molar-refractivity contribution is 5.97. The maximum Gasteiger partial charge on any atom is 0.425 e. The predicted molar refractivity (Wildman–Crippen MR) is 99.9 cm³/mol. The third-order valence-electron chi connectivity index (χ3n) is 5.06. The number of carbonyl (C=O) groups is 2. The van der Waals surface area contributed by atoms with E-state index in [1.807, 2.05) is 0 Å². The second-order valence-corrected chi connectivity index (χ2v) is 8.49. The third kappa shape index (κ3) is 5.27. The van der Waals surface area contributed by atoms with Crippen molar-refractivity contribution in [3.8, 4) is 5.75 Å². The summed E-state index contributed by atoms with van der Waals surface area (Å²) in [4.78, 5) is 28.9. The average Bonchev–Trinajstić information content (AvgIpc) is 2.61. The number of ketones is 1. The van der Waals surface area contributed by atoms with E-state index in [9.17, 15) is 27.2 Å². The Morgan fingerprint density at radius 2 is 1.90 bits per heavy atom. The first-order valence-electron chi connectivity index (χ1n) is 9.44. The predicted octanol–water partition coefficient (Wildman–Crippen LogP) is 3.59. The van der Waals surface area contributed by atoms with Gasteiger partial charge in [-0.15, -0.1) is 0 Å². The molecule has 2 rings (SSSR count). The van der Waals surface area contributed by atoms with Crippen molar-refractivity contribution in [2.75, 3.05) is 20.3 Å². The van der Waals surface area contributed by atoms with E-state index in [4.69, 9.17) is 9.47 Å². The molecule has 1 amide bonds. The van der Waals surface area contributed by atoms with Crippen molar-refractivity contribution in [2.45, 2.75) is 52.1 Å². The van der Waals surface area contributed by atoms with Crippen LogP contribution in [0.2, 0.25) is 0 Å². The molecule has 2 heterocycles. The number of ether oxygens (including phenoxy) is 2. The van der Waals surface area contributed by atoms with E-state index in [-0.39, 0.29) is 36.8 Å². The second kappa shape index (κ2) is 8.49. The highest BCUT2D eigenvalue weighted by Crippen LogP contribution is 2.40. The van der Waals surface area contributed by atoms with Gasteiger partial charge in [0.25, 0.3) is 0 Å². The topological polar surface area (TPSA) is 77.5 Å². The molecule has 1 fully saturated rings. The van der Waals surface area contributed by atoms with Gasteiger partial charge in [-0.3, -0.25) is 14.6 Å². The first-order valence-corrected chi connectivity index (χ1v) is 9.44. The lowest BCUT2D eigenvalue weighted by atomic mass is 9.77. The van der Waals surface area contributed by atoms with Gasteiger partial charge in [0.2, 0.25) is 5.91 Å². The van der Waals surface area contributed by atoms with E-state index < -0.39 is 40.8 Å². The molecule has 10 heteroatoms. The minimum atomic E-state index is -4.68. The highest BCUT2D eigenvalue weighted by atomic mass is 19.4. The molecule has 0 aromatic carbocycles. The van der Waals surface area contributed by atoms with E-state index in [1.165, 1.54) is 7.05 Å². The summed E-state index contributed by atoms with van der Waals surface area (Å²) < 4.78 is 63.6. The van der Waals surface area contributed by atoms with Crippen molar-refractivity contribution < 1.29 is 36.6 Å². The summed E-state index contributed by atoms with van der Waals surface area (Å²) >= 11 is 0. The Labute approximate surface area is 172 Å². The average molecular weight is 434 g/mol. The molecular weight excluding hydrogens is 408 g/mol. The zero-order valence-corrected chi connectivity index (χ0v) is 17.5. The van der Waals surface area contributed by atoms with Crippen molar-refractivity contribution in [3.63, 3.8) is 0 Å². The Kier molecular flexibility index (Phi) is 6.80. The van der Waals surface area contributed by atoms with Gasteiger partial charge in [-0.2, -0.15) is 13.2 Å². The van der Waals surface area contributed by atoms with Gasteiger partial charge in [0.05, 0.1) is 24.7 Å². The van der Waals surface area contributed by atoms with Crippen molar-refractivity contribution in [3.05, 3.63) is 23.5 Å². The van der Waals surface area contributed by atoms with Crippen LogP contribution in [0, 0.1) is 11.3 Å². The van der Waals surface area contributed by atoms with Crippen molar-refractivity contribution >= 4 is 11.7 Å². The monoisotopic (exact) mass is 434 g/mol. The normalized spacial score (nSPS) is 18.2. The molecule has 168 valence electrons. The van der Waals surface area contributed by atoms with E-state index in [1.54, 1.807) is 20.8 Å². The molecular formula is C20H26F4N2O4. The van der Waals surface area contributed by atoms with Gasteiger partial charge in [-0.1, -0.05) is 20.8 Å². The van der Waals surface area contributed by atoms with Gasteiger partial charge in [-0.05, 0) is 12.3 Å². The smallest absolute Gasteiger partial charge is 0.425 e. The second-order valence-electron chi connectivity index (χ2n) is 8.49. The van der Waals surface area contributed by atoms with Crippen LogP contribution < -0.4 is 10.1 Å². The van der Waals surface area contributed by atoms with Crippen molar-refractivity contribution in [2.24, 2.45) is 11.3 Å². The SMILES string of the molecule is CNC(=O)C(CC(=O)c1cc(O[C@@H](C)C(F)(F)F)c(C2(F)COC2)cn1)C(C)(C)C. The zero-order valence-electron chi connectivity index (χ0n) is 17.5. The van der Waals surface area contributed by atoms with Crippen LogP contribution in [0.15, 0.2) is 12.3 Å². The van der Waals surface area contributed by atoms with Crippen LogP contribution in [0.25, 0.3) is 0 Å². The summed E-state index contributed by atoms with van der Waals surface area (Å²) in [5.41, 5.74) is -3.00. The Balaban J connectivity index is 2.37. The number of hydrogen-bond acceptors (Lipinski definition) is 5. The maximum absolute atomic E-state index is 14.8. The minimum Gasteiger partial charge on any atom is -0.481 e. The fraction of sp³-hybridized carbons (Fsp3) is 0.650. The molecule has 0 bridgehead atoms. The first kappa shape index (κ1) is 24.0. The minimum absolute atomic E-state index is 0.204. The molecule has 1 aliphatic rings. The number of halogens is 4. The number of nitrogens with one attached hydrogen (secondary N) is 1. The Morgan fingerprint density at radius 3 is 2.33 bits per heavy atom. The van der Waals surface area contributed by atoms with E-state index in [0.29, 0.717) is 0 Å². The molecule has 0 radical (unpaired) electrons. The highest BCUT2D eigenvalue weighted by Gasteiger charge is 2.45. The summed E-state index contributed by atoms with van der Waals surface area (Å²) in [7, 11) is 1.45. The van der Waals surface area contributed by atoms with Gasteiger partial charge in [0.15, 0.2) is 17.6 Å². The van der Waals surface area contributed by atoms with Crippen LogP contribution >= 0.6 is 0 Å². The van der Waals surface area contributed by atoms with Crippen LogP contribution in [-0.2, 0) is 15.2 Å². The maximum atomic E-state index is 14.8. The molecule has 1 aromatic rings. The Hall–Kier alpha value is -2.23.